The Morgan fingerprint density at radius 2 is 1.90 bits per heavy atom. The number of nitrogens with one attached hydrogen (secondary N) is 2. The van der Waals surface area contributed by atoms with E-state index in [1.165, 1.54) is 5.39 Å². The summed E-state index contributed by atoms with van der Waals surface area (Å²) in [4.78, 5) is 31.7. The highest BCUT2D eigenvalue weighted by atomic mass is 16.6. The normalized spacial score (nSPS) is 15.5. The molecule has 0 unspecified atom stereocenters. The lowest BCUT2D eigenvalue weighted by atomic mass is 10.1. The van der Waals surface area contributed by atoms with Crippen molar-refractivity contribution in [3.8, 4) is 11.5 Å². The van der Waals surface area contributed by atoms with E-state index in [4.69, 9.17) is 9.47 Å². The molecule has 3 aromatic rings. The van der Waals surface area contributed by atoms with Gasteiger partial charge in [0.2, 0.25) is 5.91 Å². The lowest BCUT2D eigenvalue weighted by Crippen LogP contribution is -2.40. The predicted octanol–water partition coefficient (Wildman–Crippen LogP) is 2.54. The number of hydrogen-bond acceptors (Lipinski definition) is 4. The van der Waals surface area contributed by atoms with Gasteiger partial charge in [-0.1, -0.05) is 18.2 Å². The van der Waals surface area contributed by atoms with Crippen molar-refractivity contribution < 1.29 is 19.1 Å². The topological polar surface area (TPSA) is 86.9 Å². The summed E-state index contributed by atoms with van der Waals surface area (Å²) in [5.74, 6) is 1.18. The molecule has 2 N–H and O–H groups in total. The summed E-state index contributed by atoms with van der Waals surface area (Å²) in [6.07, 6.45) is 2.71. The fourth-order valence-electron chi connectivity index (χ4n) is 4.07. The fourth-order valence-corrected chi connectivity index (χ4v) is 4.07. The second kappa shape index (κ2) is 8.22. The number of rotatable bonds is 6. The molecule has 1 fully saturated rings. The molecule has 8 heteroatoms. The van der Waals surface area contributed by atoms with Gasteiger partial charge < -0.3 is 24.7 Å². The number of H-pyrrole nitrogens is 1. The van der Waals surface area contributed by atoms with Gasteiger partial charge in [-0.3, -0.25) is 9.69 Å². The largest absolute Gasteiger partial charge is 0.486 e. The Morgan fingerprint density at radius 1 is 1.06 bits per heavy atom. The van der Waals surface area contributed by atoms with Crippen LogP contribution < -0.4 is 19.7 Å². The third-order valence-corrected chi connectivity index (χ3v) is 5.66. The Balaban J connectivity index is 1.14. The lowest BCUT2D eigenvalue weighted by molar-refractivity contribution is -0.121. The Labute approximate surface area is 179 Å². The molecule has 31 heavy (non-hydrogen) atoms. The number of aromatic amines is 1. The minimum atomic E-state index is -0.177. The van der Waals surface area contributed by atoms with Crippen LogP contribution in [-0.2, 0) is 11.2 Å². The zero-order chi connectivity index (χ0) is 21.2. The van der Waals surface area contributed by atoms with E-state index in [9.17, 15) is 9.59 Å². The minimum Gasteiger partial charge on any atom is -0.486 e. The van der Waals surface area contributed by atoms with Crippen molar-refractivity contribution in [2.24, 2.45) is 0 Å². The monoisotopic (exact) mass is 420 g/mol. The average Bonchev–Trinajstić information content (AvgIpc) is 3.37. The van der Waals surface area contributed by atoms with Crippen LogP contribution in [0.2, 0.25) is 0 Å². The average molecular weight is 420 g/mol. The molecule has 1 saturated heterocycles. The molecule has 3 heterocycles. The molecule has 2 aromatic carbocycles. The van der Waals surface area contributed by atoms with Crippen LogP contribution in [-0.4, -0.2) is 61.2 Å². The summed E-state index contributed by atoms with van der Waals surface area (Å²) in [7, 11) is 0. The highest BCUT2D eigenvalue weighted by Crippen LogP contribution is 2.35. The Hall–Kier alpha value is -3.68. The molecule has 0 spiro atoms. The Kier molecular flexibility index (Phi) is 5.11. The summed E-state index contributed by atoms with van der Waals surface area (Å²) >= 11 is 0. The standard InChI is InChI=1S/C23H24N4O4/c28-22(24-8-7-16-14-25-19-4-2-1-3-18(16)19)15-26-9-10-27(23(26)29)17-5-6-20-21(13-17)31-12-11-30-20/h1-6,13-14,25H,7-12,15H2,(H,24,28). The fraction of sp³-hybridized carbons (Fsp3) is 0.304. The molecule has 2 aliphatic rings. The first-order chi connectivity index (χ1) is 15.2. The highest BCUT2D eigenvalue weighted by molar-refractivity contribution is 5.96. The van der Waals surface area contributed by atoms with Gasteiger partial charge in [0.15, 0.2) is 11.5 Å². The van der Waals surface area contributed by atoms with Crippen molar-refractivity contribution in [2.45, 2.75) is 6.42 Å². The molecule has 0 bridgehead atoms. The SMILES string of the molecule is O=C(CN1CCN(c2ccc3c(c2)OCCO3)C1=O)NCCc1c[nH]c2ccccc12. The van der Waals surface area contributed by atoms with E-state index in [1.807, 2.05) is 42.6 Å². The van der Waals surface area contributed by atoms with Crippen molar-refractivity contribution in [3.05, 3.63) is 54.2 Å². The van der Waals surface area contributed by atoms with E-state index in [1.54, 1.807) is 9.80 Å². The summed E-state index contributed by atoms with van der Waals surface area (Å²) in [6.45, 7) is 2.63. The molecule has 2 aliphatic heterocycles. The number of urea groups is 1. The summed E-state index contributed by atoms with van der Waals surface area (Å²) in [5, 5.41) is 4.09. The molecule has 0 radical (unpaired) electrons. The molecule has 0 atom stereocenters. The number of aromatic nitrogens is 1. The minimum absolute atomic E-state index is 0.0494. The molecule has 1 aromatic heterocycles. The van der Waals surface area contributed by atoms with Crippen LogP contribution in [0.15, 0.2) is 48.7 Å². The van der Waals surface area contributed by atoms with Crippen LogP contribution in [0, 0.1) is 0 Å². The molecule has 3 amide bonds. The van der Waals surface area contributed by atoms with Crippen molar-refractivity contribution >= 4 is 28.5 Å². The first kappa shape index (κ1) is 19.3. The molecule has 0 aliphatic carbocycles. The zero-order valence-corrected chi connectivity index (χ0v) is 17.1. The van der Waals surface area contributed by atoms with Crippen LogP contribution in [0.5, 0.6) is 11.5 Å². The molecule has 8 nitrogen and oxygen atoms in total. The van der Waals surface area contributed by atoms with Gasteiger partial charge in [-0.25, -0.2) is 4.79 Å². The number of ether oxygens (including phenoxy) is 2. The second-order valence-corrected chi connectivity index (χ2v) is 7.64. The van der Waals surface area contributed by atoms with E-state index in [-0.39, 0.29) is 18.5 Å². The third-order valence-electron chi connectivity index (χ3n) is 5.66. The van der Waals surface area contributed by atoms with Crippen molar-refractivity contribution in [2.75, 3.05) is 44.3 Å². The molecule has 160 valence electrons. The van der Waals surface area contributed by atoms with Gasteiger partial charge in [0.25, 0.3) is 0 Å². The number of anilines is 1. The van der Waals surface area contributed by atoms with Crippen molar-refractivity contribution in [1.82, 2.24) is 15.2 Å². The van der Waals surface area contributed by atoms with Gasteiger partial charge in [-0.2, -0.15) is 0 Å². The maximum atomic E-state index is 12.8. The molecule has 5 rings (SSSR count). The molecular weight excluding hydrogens is 396 g/mol. The predicted molar refractivity (Wildman–Crippen MR) is 117 cm³/mol. The first-order valence-corrected chi connectivity index (χ1v) is 10.5. The Bertz CT molecular complexity index is 1130. The van der Waals surface area contributed by atoms with Crippen LogP contribution >= 0.6 is 0 Å². The summed E-state index contributed by atoms with van der Waals surface area (Å²) in [6, 6.07) is 13.4. The summed E-state index contributed by atoms with van der Waals surface area (Å²) in [5.41, 5.74) is 3.00. The van der Waals surface area contributed by atoms with E-state index >= 15 is 0 Å². The Morgan fingerprint density at radius 3 is 2.81 bits per heavy atom. The number of nitrogens with zero attached hydrogens (tertiary/aromatic N) is 2. The number of benzene rings is 2. The third kappa shape index (κ3) is 3.88. The second-order valence-electron chi connectivity index (χ2n) is 7.64. The van der Waals surface area contributed by atoms with E-state index < -0.39 is 0 Å². The number of hydrogen-bond donors (Lipinski definition) is 2. The zero-order valence-electron chi connectivity index (χ0n) is 17.1. The van der Waals surface area contributed by atoms with Gasteiger partial charge in [-0.15, -0.1) is 0 Å². The van der Waals surface area contributed by atoms with Crippen LogP contribution in [0.3, 0.4) is 0 Å². The van der Waals surface area contributed by atoms with Gasteiger partial charge in [0, 0.05) is 48.5 Å². The lowest BCUT2D eigenvalue weighted by Gasteiger charge is -2.22. The van der Waals surface area contributed by atoms with Crippen LogP contribution in [0.1, 0.15) is 5.56 Å². The molecular formula is C23H24N4O4. The van der Waals surface area contributed by atoms with E-state index in [0.29, 0.717) is 44.3 Å². The smallest absolute Gasteiger partial charge is 0.325 e. The highest BCUT2D eigenvalue weighted by Gasteiger charge is 2.31. The quantitative estimate of drug-likeness (QED) is 0.642. The van der Waals surface area contributed by atoms with Gasteiger partial charge in [-0.05, 0) is 30.2 Å². The number of para-hydroxylation sites is 1. The van der Waals surface area contributed by atoms with Crippen molar-refractivity contribution in [3.63, 3.8) is 0 Å². The van der Waals surface area contributed by atoms with E-state index in [2.05, 4.69) is 16.4 Å². The molecule has 0 saturated carbocycles. The number of fused-ring (bicyclic) bond motifs is 2. The summed E-state index contributed by atoms with van der Waals surface area (Å²) < 4.78 is 11.1. The van der Waals surface area contributed by atoms with E-state index in [0.717, 1.165) is 23.2 Å². The van der Waals surface area contributed by atoms with Crippen molar-refractivity contribution in [1.29, 1.82) is 0 Å². The van der Waals surface area contributed by atoms with Crippen LogP contribution in [0.4, 0.5) is 10.5 Å². The maximum absolute atomic E-state index is 12.8. The van der Waals surface area contributed by atoms with Gasteiger partial charge in [0.1, 0.15) is 19.8 Å². The number of amides is 3. The number of carbonyl (C=O) groups excluding carboxylic acids is 2. The number of carbonyl (C=O) groups is 2. The van der Waals surface area contributed by atoms with Gasteiger partial charge in [0.05, 0.1) is 0 Å². The first-order valence-electron chi connectivity index (χ1n) is 10.5. The maximum Gasteiger partial charge on any atom is 0.325 e. The van der Waals surface area contributed by atoms with Crippen LogP contribution in [0.25, 0.3) is 10.9 Å². The van der Waals surface area contributed by atoms with Gasteiger partial charge >= 0.3 is 6.03 Å².